The monoisotopic (exact) mass is 668 g/mol. The largest absolute Gasteiger partial charge is 0.456 e. The Bertz CT molecular complexity index is 2820. The normalized spacial score (nSPS) is 13.0. The highest BCUT2D eigenvalue weighted by molar-refractivity contribution is 6.13. The van der Waals surface area contributed by atoms with Gasteiger partial charge in [-0.05, 0) is 80.9 Å². The molecule has 0 bridgehead atoms. The molecule has 0 amide bonds. The first-order chi connectivity index (χ1) is 25.5. The van der Waals surface area contributed by atoms with E-state index in [2.05, 4.69) is 122 Å². The van der Waals surface area contributed by atoms with Crippen molar-refractivity contribution in [2.75, 3.05) is 0 Å². The molecule has 0 aliphatic heterocycles. The molecule has 0 N–H and O–H groups in total. The van der Waals surface area contributed by atoms with E-state index in [-0.39, 0.29) is 5.41 Å². The Morgan fingerprint density at radius 2 is 1.08 bits per heavy atom. The van der Waals surface area contributed by atoms with Crippen LogP contribution >= 0.6 is 0 Å². The number of benzene rings is 6. The molecule has 9 aromatic rings. The summed E-state index contributed by atoms with van der Waals surface area (Å²) in [6.07, 6.45) is 3.65. The van der Waals surface area contributed by atoms with Crippen LogP contribution in [-0.4, -0.2) is 19.9 Å². The van der Waals surface area contributed by atoms with E-state index in [1.807, 2.05) is 54.9 Å². The fourth-order valence-corrected chi connectivity index (χ4v) is 7.90. The SMILES string of the molecule is CC1(C)c2ccccc2-c2c(-c3nc(-c4ccccc4)nc(-c4cccc(-c5ccc6c(c5)oc5cccc(-c7ccncc7)c56)c4)n3)cccc21. The maximum Gasteiger partial charge on any atom is 0.164 e. The average Bonchev–Trinajstić information content (AvgIpc) is 3.70. The number of hydrogen-bond acceptors (Lipinski definition) is 5. The van der Waals surface area contributed by atoms with E-state index in [4.69, 9.17) is 19.4 Å². The summed E-state index contributed by atoms with van der Waals surface area (Å²) in [6.45, 7) is 4.59. The molecule has 0 unspecified atom stereocenters. The number of aromatic nitrogens is 4. The van der Waals surface area contributed by atoms with E-state index in [1.165, 1.54) is 22.3 Å². The molecular weight excluding hydrogens is 637 g/mol. The summed E-state index contributed by atoms with van der Waals surface area (Å²) >= 11 is 0. The Kier molecular flexibility index (Phi) is 6.77. The first kappa shape index (κ1) is 30.1. The molecule has 3 aromatic heterocycles. The highest BCUT2D eigenvalue weighted by Gasteiger charge is 2.37. The Balaban J connectivity index is 1.11. The van der Waals surface area contributed by atoms with Gasteiger partial charge < -0.3 is 4.42 Å². The fourth-order valence-electron chi connectivity index (χ4n) is 7.90. The Morgan fingerprint density at radius 3 is 1.94 bits per heavy atom. The van der Waals surface area contributed by atoms with Crippen molar-refractivity contribution in [3.05, 3.63) is 169 Å². The maximum atomic E-state index is 6.45. The molecule has 0 spiro atoms. The zero-order valence-corrected chi connectivity index (χ0v) is 28.7. The van der Waals surface area contributed by atoms with E-state index in [0.29, 0.717) is 17.5 Å². The summed E-state index contributed by atoms with van der Waals surface area (Å²) in [5.41, 5.74) is 13.8. The number of fused-ring (bicyclic) bond motifs is 6. The van der Waals surface area contributed by atoms with Crippen molar-refractivity contribution in [1.82, 2.24) is 19.9 Å². The Labute approximate surface area is 301 Å². The Morgan fingerprint density at radius 1 is 0.442 bits per heavy atom. The van der Waals surface area contributed by atoms with Crippen LogP contribution in [0.1, 0.15) is 25.0 Å². The summed E-state index contributed by atoms with van der Waals surface area (Å²) < 4.78 is 6.45. The molecule has 0 atom stereocenters. The van der Waals surface area contributed by atoms with Crippen LogP contribution in [0, 0.1) is 0 Å². The van der Waals surface area contributed by atoms with Gasteiger partial charge in [0.2, 0.25) is 0 Å². The third kappa shape index (κ3) is 4.78. The van der Waals surface area contributed by atoms with Crippen molar-refractivity contribution in [2.45, 2.75) is 19.3 Å². The van der Waals surface area contributed by atoms with E-state index >= 15 is 0 Å². The lowest BCUT2D eigenvalue weighted by atomic mass is 9.82. The topological polar surface area (TPSA) is 64.7 Å². The third-order valence-electron chi connectivity index (χ3n) is 10.5. The van der Waals surface area contributed by atoms with Crippen LogP contribution in [0.15, 0.2) is 162 Å². The number of hydrogen-bond donors (Lipinski definition) is 0. The molecule has 3 heterocycles. The molecule has 5 nitrogen and oxygen atoms in total. The summed E-state index contributed by atoms with van der Waals surface area (Å²) in [4.78, 5) is 19.6. The van der Waals surface area contributed by atoms with Crippen molar-refractivity contribution in [3.63, 3.8) is 0 Å². The minimum Gasteiger partial charge on any atom is -0.456 e. The van der Waals surface area contributed by atoms with Crippen LogP contribution in [-0.2, 0) is 5.41 Å². The van der Waals surface area contributed by atoms with Gasteiger partial charge >= 0.3 is 0 Å². The highest BCUT2D eigenvalue weighted by atomic mass is 16.3. The molecule has 0 saturated carbocycles. The van der Waals surface area contributed by atoms with Crippen LogP contribution in [0.2, 0.25) is 0 Å². The second kappa shape index (κ2) is 11.7. The van der Waals surface area contributed by atoms with E-state index in [0.717, 1.165) is 60.9 Å². The molecule has 0 saturated heterocycles. The predicted octanol–water partition coefficient (Wildman–Crippen LogP) is 11.8. The van der Waals surface area contributed by atoms with Gasteiger partial charge in [-0.15, -0.1) is 0 Å². The number of pyridine rings is 1. The lowest BCUT2D eigenvalue weighted by Gasteiger charge is -2.21. The average molecular weight is 669 g/mol. The molecular formula is C47H32N4O. The van der Waals surface area contributed by atoms with Crippen LogP contribution in [0.25, 0.3) is 89.5 Å². The van der Waals surface area contributed by atoms with Crippen molar-refractivity contribution < 1.29 is 4.42 Å². The van der Waals surface area contributed by atoms with Gasteiger partial charge in [0.25, 0.3) is 0 Å². The molecule has 1 aliphatic carbocycles. The second-order valence-corrected chi connectivity index (χ2v) is 13.9. The molecule has 6 aromatic carbocycles. The smallest absolute Gasteiger partial charge is 0.164 e. The predicted molar refractivity (Wildman–Crippen MR) is 210 cm³/mol. The van der Waals surface area contributed by atoms with Gasteiger partial charge in [0, 0.05) is 45.3 Å². The minimum absolute atomic E-state index is 0.129. The van der Waals surface area contributed by atoms with Gasteiger partial charge in [-0.1, -0.05) is 123 Å². The Hall–Kier alpha value is -6.72. The molecule has 5 heteroatoms. The first-order valence-electron chi connectivity index (χ1n) is 17.5. The number of rotatable bonds is 5. The maximum absolute atomic E-state index is 6.45. The second-order valence-electron chi connectivity index (χ2n) is 13.9. The lowest BCUT2D eigenvalue weighted by Crippen LogP contribution is -2.14. The van der Waals surface area contributed by atoms with Crippen LogP contribution in [0.5, 0.6) is 0 Å². The summed E-state index contributed by atoms with van der Waals surface area (Å²) in [5.74, 6) is 1.93. The number of furan rings is 1. The highest BCUT2D eigenvalue weighted by Crippen LogP contribution is 2.51. The van der Waals surface area contributed by atoms with Crippen LogP contribution in [0.3, 0.4) is 0 Å². The summed E-state index contributed by atoms with van der Waals surface area (Å²) in [7, 11) is 0. The number of nitrogens with zero attached hydrogens (tertiary/aromatic N) is 4. The van der Waals surface area contributed by atoms with Crippen LogP contribution < -0.4 is 0 Å². The van der Waals surface area contributed by atoms with E-state index in [1.54, 1.807) is 0 Å². The van der Waals surface area contributed by atoms with Gasteiger partial charge in [0.15, 0.2) is 17.5 Å². The van der Waals surface area contributed by atoms with Gasteiger partial charge in [0.05, 0.1) is 0 Å². The molecule has 246 valence electrons. The van der Waals surface area contributed by atoms with Crippen molar-refractivity contribution in [1.29, 1.82) is 0 Å². The standard InChI is InChI=1S/C47H32N4O/c1-47(2)38-18-7-6-15-35(38)42-37(17-9-19-39(42)47)46-50-44(30-11-4-3-5-12-30)49-45(51-46)33-14-8-13-31(27-33)32-21-22-36-41(28-32)52-40-20-10-16-34(43(36)40)29-23-25-48-26-24-29/h3-28H,1-2H3. The fraction of sp³-hybridized carbons (Fsp3) is 0.0638. The molecule has 52 heavy (non-hydrogen) atoms. The third-order valence-corrected chi connectivity index (χ3v) is 10.5. The minimum atomic E-state index is -0.129. The molecule has 0 fully saturated rings. The molecule has 10 rings (SSSR count). The van der Waals surface area contributed by atoms with Gasteiger partial charge in [-0.2, -0.15) is 0 Å². The van der Waals surface area contributed by atoms with Gasteiger partial charge in [-0.25, -0.2) is 15.0 Å². The van der Waals surface area contributed by atoms with Gasteiger partial charge in [-0.3, -0.25) is 4.98 Å². The van der Waals surface area contributed by atoms with Crippen LogP contribution in [0.4, 0.5) is 0 Å². The quantitative estimate of drug-likeness (QED) is 0.183. The summed E-state index contributed by atoms with van der Waals surface area (Å²) in [6, 6.07) is 50.5. The molecule has 1 aliphatic rings. The first-order valence-corrected chi connectivity index (χ1v) is 17.5. The lowest BCUT2D eigenvalue weighted by molar-refractivity contribution is 0.660. The summed E-state index contributed by atoms with van der Waals surface area (Å²) in [5, 5.41) is 2.19. The van der Waals surface area contributed by atoms with Gasteiger partial charge in [0.1, 0.15) is 11.2 Å². The zero-order valence-electron chi connectivity index (χ0n) is 28.7. The zero-order chi connectivity index (χ0) is 34.8. The van der Waals surface area contributed by atoms with Crippen molar-refractivity contribution in [3.8, 4) is 67.5 Å². The molecule has 0 radical (unpaired) electrons. The van der Waals surface area contributed by atoms with E-state index < -0.39 is 0 Å². The van der Waals surface area contributed by atoms with Crippen molar-refractivity contribution >= 4 is 21.9 Å². The van der Waals surface area contributed by atoms with Crippen molar-refractivity contribution in [2.24, 2.45) is 0 Å². The van der Waals surface area contributed by atoms with E-state index in [9.17, 15) is 0 Å².